The lowest BCUT2D eigenvalue weighted by molar-refractivity contribution is -0.115. The molecule has 0 saturated carbocycles. The third kappa shape index (κ3) is 4.39. The lowest BCUT2D eigenvalue weighted by atomic mass is 10.3. The van der Waals surface area contributed by atoms with Gasteiger partial charge in [-0.15, -0.1) is 11.8 Å². The second kappa shape index (κ2) is 7.51. The number of thioether (sulfide) groups is 1. The van der Waals surface area contributed by atoms with E-state index in [0.29, 0.717) is 16.5 Å². The van der Waals surface area contributed by atoms with E-state index in [2.05, 4.69) is 5.32 Å². The Bertz CT molecular complexity index is 664. The molecular weight excluding hydrogens is 325 g/mol. The van der Waals surface area contributed by atoms with Crippen LogP contribution in [0.5, 0.6) is 5.75 Å². The van der Waals surface area contributed by atoms with Crippen LogP contribution in [0, 0.1) is 5.82 Å². The van der Waals surface area contributed by atoms with Crippen molar-refractivity contribution in [1.82, 2.24) is 0 Å². The summed E-state index contributed by atoms with van der Waals surface area (Å²) in [7, 11) is 1.52. The van der Waals surface area contributed by atoms with E-state index in [-0.39, 0.29) is 17.0 Å². The number of halogens is 2. The molecule has 0 radical (unpaired) electrons. The Hall–Kier alpha value is -1.72. The normalized spacial score (nSPS) is 11.8. The number of methoxy groups -OCH3 is 1. The number of benzene rings is 2. The van der Waals surface area contributed by atoms with Crippen molar-refractivity contribution in [2.45, 2.75) is 17.1 Å². The van der Waals surface area contributed by atoms with Crippen LogP contribution in [0.1, 0.15) is 6.92 Å². The van der Waals surface area contributed by atoms with Crippen molar-refractivity contribution in [3.05, 3.63) is 53.3 Å². The van der Waals surface area contributed by atoms with Gasteiger partial charge in [-0.2, -0.15) is 0 Å². The minimum atomic E-state index is -0.353. The predicted molar refractivity (Wildman–Crippen MR) is 88.4 cm³/mol. The minimum absolute atomic E-state index is 0.185. The summed E-state index contributed by atoms with van der Waals surface area (Å²) in [6, 6.07) is 11.0. The Kier molecular flexibility index (Phi) is 5.69. The highest BCUT2D eigenvalue weighted by molar-refractivity contribution is 8.00. The molecule has 0 aliphatic rings. The van der Waals surface area contributed by atoms with Crippen LogP contribution in [0.4, 0.5) is 10.1 Å². The zero-order chi connectivity index (χ0) is 16.1. The topological polar surface area (TPSA) is 38.3 Å². The highest BCUT2D eigenvalue weighted by Gasteiger charge is 2.16. The van der Waals surface area contributed by atoms with Gasteiger partial charge in [0.1, 0.15) is 11.6 Å². The molecule has 0 aliphatic heterocycles. The Labute approximate surface area is 137 Å². The van der Waals surface area contributed by atoms with Gasteiger partial charge in [0.05, 0.1) is 18.0 Å². The van der Waals surface area contributed by atoms with E-state index in [4.69, 9.17) is 16.3 Å². The van der Waals surface area contributed by atoms with E-state index in [1.54, 1.807) is 37.3 Å². The molecule has 0 saturated heterocycles. The zero-order valence-electron chi connectivity index (χ0n) is 12.1. The molecule has 22 heavy (non-hydrogen) atoms. The molecule has 0 unspecified atom stereocenters. The summed E-state index contributed by atoms with van der Waals surface area (Å²) in [6.07, 6.45) is 0. The molecule has 0 aromatic heterocycles. The quantitative estimate of drug-likeness (QED) is 0.808. The SMILES string of the molecule is COc1ccc(Cl)cc1NC(=O)[C@H](C)Sc1ccc(F)cc1. The summed E-state index contributed by atoms with van der Waals surface area (Å²) in [5.41, 5.74) is 0.520. The van der Waals surface area contributed by atoms with Gasteiger partial charge in [-0.1, -0.05) is 11.6 Å². The summed E-state index contributed by atoms with van der Waals surface area (Å²) in [6.45, 7) is 1.78. The average Bonchev–Trinajstić information content (AvgIpc) is 2.49. The van der Waals surface area contributed by atoms with E-state index in [1.165, 1.54) is 31.0 Å². The molecule has 0 spiro atoms. The Balaban J connectivity index is 2.05. The van der Waals surface area contributed by atoms with Crippen LogP contribution in [0.15, 0.2) is 47.4 Å². The Morgan fingerprint density at radius 3 is 2.59 bits per heavy atom. The molecule has 0 aliphatic carbocycles. The molecule has 2 aromatic rings. The number of carbonyl (C=O) groups excluding carboxylic acids is 1. The number of anilines is 1. The third-order valence-corrected chi connectivity index (χ3v) is 4.26. The van der Waals surface area contributed by atoms with Crippen molar-refractivity contribution >= 4 is 35.0 Å². The molecule has 2 rings (SSSR count). The summed E-state index contributed by atoms with van der Waals surface area (Å²) >= 11 is 7.28. The van der Waals surface area contributed by atoms with Crippen LogP contribution in [0.3, 0.4) is 0 Å². The number of nitrogens with one attached hydrogen (secondary N) is 1. The van der Waals surface area contributed by atoms with Crippen molar-refractivity contribution < 1.29 is 13.9 Å². The number of hydrogen-bond acceptors (Lipinski definition) is 3. The summed E-state index contributed by atoms with van der Waals surface area (Å²) < 4.78 is 18.1. The molecule has 0 fully saturated rings. The Morgan fingerprint density at radius 1 is 1.27 bits per heavy atom. The molecule has 0 heterocycles. The van der Waals surface area contributed by atoms with Crippen LogP contribution in [0.2, 0.25) is 5.02 Å². The fourth-order valence-corrected chi connectivity index (χ4v) is 2.82. The molecule has 2 aromatic carbocycles. The summed E-state index contributed by atoms with van der Waals surface area (Å²) in [5, 5.41) is 2.95. The fourth-order valence-electron chi connectivity index (χ4n) is 1.78. The Morgan fingerprint density at radius 2 is 1.95 bits per heavy atom. The van der Waals surface area contributed by atoms with Gasteiger partial charge in [0.25, 0.3) is 0 Å². The first-order valence-corrected chi connectivity index (χ1v) is 7.82. The number of amides is 1. The molecular formula is C16H15ClFNO2S. The van der Waals surface area contributed by atoms with Crippen LogP contribution in [0.25, 0.3) is 0 Å². The molecule has 1 amide bonds. The largest absolute Gasteiger partial charge is 0.495 e. The highest BCUT2D eigenvalue weighted by Crippen LogP contribution is 2.29. The second-order valence-corrected chi connectivity index (χ2v) is 6.40. The van der Waals surface area contributed by atoms with E-state index in [1.807, 2.05) is 0 Å². The van der Waals surface area contributed by atoms with E-state index in [9.17, 15) is 9.18 Å². The fraction of sp³-hybridized carbons (Fsp3) is 0.188. The summed E-state index contributed by atoms with van der Waals surface area (Å²) in [5.74, 6) is 0.0525. The monoisotopic (exact) mass is 339 g/mol. The molecule has 3 nitrogen and oxygen atoms in total. The molecule has 0 bridgehead atoms. The maximum Gasteiger partial charge on any atom is 0.237 e. The second-order valence-electron chi connectivity index (χ2n) is 4.55. The lowest BCUT2D eigenvalue weighted by Crippen LogP contribution is -2.22. The zero-order valence-corrected chi connectivity index (χ0v) is 13.7. The third-order valence-electron chi connectivity index (χ3n) is 2.92. The van der Waals surface area contributed by atoms with Gasteiger partial charge >= 0.3 is 0 Å². The highest BCUT2D eigenvalue weighted by atomic mass is 35.5. The number of rotatable bonds is 5. The van der Waals surface area contributed by atoms with Gasteiger partial charge in [0.2, 0.25) is 5.91 Å². The van der Waals surface area contributed by atoms with Crippen molar-refractivity contribution in [2.24, 2.45) is 0 Å². The van der Waals surface area contributed by atoms with Crippen LogP contribution >= 0.6 is 23.4 Å². The van der Waals surface area contributed by atoms with Crippen molar-refractivity contribution in [3.63, 3.8) is 0 Å². The molecule has 1 N–H and O–H groups in total. The number of hydrogen-bond donors (Lipinski definition) is 1. The summed E-state index contributed by atoms with van der Waals surface area (Å²) in [4.78, 5) is 13.1. The smallest absolute Gasteiger partial charge is 0.237 e. The van der Waals surface area contributed by atoms with E-state index < -0.39 is 0 Å². The molecule has 1 atom stereocenters. The van der Waals surface area contributed by atoms with Gasteiger partial charge in [0.15, 0.2) is 0 Å². The lowest BCUT2D eigenvalue weighted by Gasteiger charge is -2.14. The van der Waals surface area contributed by atoms with Crippen LogP contribution < -0.4 is 10.1 Å². The molecule has 116 valence electrons. The van der Waals surface area contributed by atoms with E-state index in [0.717, 1.165) is 4.90 Å². The standard InChI is InChI=1S/C16H15ClFNO2S/c1-10(22-13-6-4-12(18)5-7-13)16(20)19-14-9-11(17)3-8-15(14)21-2/h3-10H,1-2H3,(H,19,20)/t10-/m0/s1. The number of carbonyl (C=O) groups is 1. The van der Waals surface area contributed by atoms with Crippen molar-refractivity contribution in [3.8, 4) is 5.75 Å². The van der Waals surface area contributed by atoms with E-state index >= 15 is 0 Å². The van der Waals surface area contributed by atoms with Gasteiger partial charge < -0.3 is 10.1 Å². The minimum Gasteiger partial charge on any atom is -0.495 e. The van der Waals surface area contributed by atoms with Gasteiger partial charge in [0, 0.05) is 9.92 Å². The first-order valence-electron chi connectivity index (χ1n) is 6.56. The maximum absolute atomic E-state index is 12.9. The van der Waals surface area contributed by atoms with Crippen molar-refractivity contribution in [2.75, 3.05) is 12.4 Å². The van der Waals surface area contributed by atoms with Gasteiger partial charge in [-0.3, -0.25) is 4.79 Å². The number of ether oxygens (including phenoxy) is 1. The van der Waals surface area contributed by atoms with Crippen LogP contribution in [-0.2, 0) is 4.79 Å². The van der Waals surface area contributed by atoms with Gasteiger partial charge in [-0.05, 0) is 49.4 Å². The average molecular weight is 340 g/mol. The van der Waals surface area contributed by atoms with Crippen molar-refractivity contribution in [1.29, 1.82) is 0 Å². The first kappa shape index (κ1) is 16.6. The predicted octanol–water partition coefficient (Wildman–Crippen LogP) is 4.61. The first-order chi connectivity index (χ1) is 10.5. The van der Waals surface area contributed by atoms with Crippen LogP contribution in [-0.4, -0.2) is 18.3 Å². The molecule has 6 heteroatoms. The van der Waals surface area contributed by atoms with Gasteiger partial charge in [-0.25, -0.2) is 4.39 Å². The maximum atomic E-state index is 12.9.